The lowest BCUT2D eigenvalue weighted by molar-refractivity contribution is 0.260. The van der Waals surface area contributed by atoms with E-state index in [2.05, 4.69) is 4.72 Å². The Morgan fingerprint density at radius 1 is 1.40 bits per heavy atom. The molecule has 3 N–H and O–H groups in total. The van der Waals surface area contributed by atoms with Crippen LogP contribution in [0.25, 0.3) is 0 Å². The molecule has 0 spiro atoms. The Morgan fingerprint density at radius 2 is 2.05 bits per heavy atom. The monoisotopic (exact) mass is 304 g/mol. The van der Waals surface area contributed by atoms with Gasteiger partial charge < -0.3 is 5.73 Å². The van der Waals surface area contributed by atoms with Crippen molar-refractivity contribution < 1.29 is 17.2 Å². The van der Waals surface area contributed by atoms with Crippen LogP contribution in [0.2, 0.25) is 0 Å². The largest absolute Gasteiger partial charge is 0.326 e. The van der Waals surface area contributed by atoms with E-state index in [1.165, 1.54) is 0 Å². The highest BCUT2D eigenvalue weighted by Crippen LogP contribution is 2.30. The third kappa shape index (κ3) is 2.84. The molecule has 4 nitrogen and oxygen atoms in total. The van der Waals surface area contributed by atoms with Crippen LogP contribution in [0.4, 0.5) is 8.78 Å². The van der Waals surface area contributed by atoms with Crippen LogP contribution >= 0.6 is 0 Å². The number of sulfonamides is 1. The van der Waals surface area contributed by atoms with E-state index in [9.17, 15) is 17.2 Å². The van der Waals surface area contributed by atoms with Crippen molar-refractivity contribution in [2.45, 2.75) is 43.7 Å². The zero-order valence-electron chi connectivity index (χ0n) is 11.2. The molecule has 2 rings (SSSR count). The van der Waals surface area contributed by atoms with Gasteiger partial charge in [0, 0.05) is 18.2 Å². The van der Waals surface area contributed by atoms with Gasteiger partial charge in [0.25, 0.3) is 0 Å². The lowest BCUT2D eigenvalue weighted by atomic mass is 9.81. The maximum Gasteiger partial charge on any atom is 0.243 e. The molecule has 1 saturated carbocycles. The highest BCUT2D eigenvalue weighted by atomic mass is 32.2. The lowest BCUT2D eigenvalue weighted by Gasteiger charge is -2.31. The normalized spacial score (nSPS) is 17.8. The molecule has 0 aromatic heterocycles. The van der Waals surface area contributed by atoms with Gasteiger partial charge in [-0.05, 0) is 37.8 Å². The Morgan fingerprint density at radius 3 is 2.55 bits per heavy atom. The summed E-state index contributed by atoms with van der Waals surface area (Å²) in [6.45, 7) is 1.37. The predicted molar refractivity (Wildman–Crippen MR) is 71.4 cm³/mol. The molecular formula is C13H18F2N2O2S. The van der Waals surface area contributed by atoms with Gasteiger partial charge in [0.2, 0.25) is 10.0 Å². The van der Waals surface area contributed by atoms with Gasteiger partial charge in [-0.3, -0.25) is 0 Å². The molecule has 0 saturated heterocycles. The predicted octanol–water partition coefficient (Wildman–Crippen LogP) is 1.89. The summed E-state index contributed by atoms with van der Waals surface area (Å²) in [6.07, 6.45) is 3.01. The smallest absolute Gasteiger partial charge is 0.243 e. The first kappa shape index (κ1) is 15.3. The zero-order chi connectivity index (χ0) is 14.9. The number of hydrogen-bond donors (Lipinski definition) is 2. The van der Waals surface area contributed by atoms with Gasteiger partial charge in [0.15, 0.2) is 5.82 Å². The van der Waals surface area contributed by atoms with Crippen LogP contribution in [-0.2, 0) is 16.6 Å². The topological polar surface area (TPSA) is 72.2 Å². The summed E-state index contributed by atoms with van der Waals surface area (Å²) in [5.41, 5.74) is 4.84. The van der Waals surface area contributed by atoms with Crippen LogP contribution < -0.4 is 10.5 Å². The van der Waals surface area contributed by atoms with Crippen LogP contribution in [0.1, 0.15) is 31.7 Å². The van der Waals surface area contributed by atoms with Gasteiger partial charge in [0.1, 0.15) is 10.7 Å². The summed E-state index contributed by atoms with van der Waals surface area (Å²) in [7, 11) is -4.01. The van der Waals surface area contributed by atoms with E-state index in [0.29, 0.717) is 0 Å². The molecule has 0 radical (unpaired) electrons. The Kier molecular flexibility index (Phi) is 4.41. The standard InChI is InChI=1S/C13H18F2N2O2S/c1-8(9-3-2-4-9)17-20(18,19)12-6-5-11(14)10(7-16)13(12)15/h5-6,8-9,17H,2-4,7,16H2,1H3. The van der Waals surface area contributed by atoms with E-state index in [1.807, 2.05) is 0 Å². The first-order valence-electron chi connectivity index (χ1n) is 6.56. The molecule has 1 atom stereocenters. The summed E-state index contributed by atoms with van der Waals surface area (Å²) in [4.78, 5) is -0.550. The van der Waals surface area contributed by atoms with Crippen LogP contribution in [0.15, 0.2) is 17.0 Å². The molecule has 1 aliphatic rings. The molecule has 20 heavy (non-hydrogen) atoms. The molecule has 0 bridgehead atoms. The number of hydrogen-bond acceptors (Lipinski definition) is 3. The summed E-state index contributed by atoms with van der Waals surface area (Å²) in [6, 6.07) is 1.59. The van der Waals surface area contributed by atoms with Crippen LogP contribution in [-0.4, -0.2) is 14.5 Å². The van der Waals surface area contributed by atoms with Crippen molar-refractivity contribution in [2.24, 2.45) is 11.7 Å². The van der Waals surface area contributed by atoms with E-state index >= 15 is 0 Å². The third-order valence-electron chi connectivity index (χ3n) is 3.84. The van der Waals surface area contributed by atoms with Crippen molar-refractivity contribution in [1.82, 2.24) is 4.72 Å². The van der Waals surface area contributed by atoms with Gasteiger partial charge in [-0.25, -0.2) is 21.9 Å². The summed E-state index contributed by atoms with van der Waals surface area (Å²) < 4.78 is 54.2. The van der Waals surface area contributed by atoms with Gasteiger partial charge in [-0.1, -0.05) is 6.42 Å². The van der Waals surface area contributed by atoms with Crippen molar-refractivity contribution in [2.75, 3.05) is 0 Å². The molecule has 7 heteroatoms. The van der Waals surface area contributed by atoms with Gasteiger partial charge in [0.05, 0.1) is 0 Å². The van der Waals surface area contributed by atoms with E-state index in [0.717, 1.165) is 31.4 Å². The number of rotatable bonds is 5. The van der Waals surface area contributed by atoms with Crippen molar-refractivity contribution in [3.8, 4) is 0 Å². The average molecular weight is 304 g/mol. The summed E-state index contributed by atoms with van der Waals surface area (Å²) in [5.74, 6) is -1.67. The quantitative estimate of drug-likeness (QED) is 0.872. The second-order valence-electron chi connectivity index (χ2n) is 5.14. The fourth-order valence-electron chi connectivity index (χ4n) is 2.32. The van der Waals surface area contributed by atoms with Crippen molar-refractivity contribution >= 4 is 10.0 Å². The molecule has 1 aromatic rings. The van der Waals surface area contributed by atoms with Crippen LogP contribution in [0.5, 0.6) is 0 Å². The first-order valence-corrected chi connectivity index (χ1v) is 8.04. The maximum atomic E-state index is 14.0. The van der Waals surface area contributed by atoms with E-state index in [1.54, 1.807) is 6.92 Å². The van der Waals surface area contributed by atoms with Gasteiger partial charge >= 0.3 is 0 Å². The molecular weight excluding hydrogens is 286 g/mol. The minimum atomic E-state index is -4.01. The fraction of sp³-hybridized carbons (Fsp3) is 0.538. The molecule has 0 heterocycles. The molecule has 1 fully saturated rings. The van der Waals surface area contributed by atoms with E-state index < -0.39 is 32.1 Å². The van der Waals surface area contributed by atoms with Gasteiger partial charge in [-0.2, -0.15) is 0 Å². The maximum absolute atomic E-state index is 14.0. The van der Waals surface area contributed by atoms with Crippen molar-refractivity contribution in [3.05, 3.63) is 29.3 Å². The minimum absolute atomic E-state index is 0.264. The summed E-state index contributed by atoms with van der Waals surface area (Å²) in [5, 5.41) is 0. The fourth-order valence-corrected chi connectivity index (χ4v) is 3.73. The molecule has 0 aliphatic heterocycles. The molecule has 1 aliphatic carbocycles. The second-order valence-corrected chi connectivity index (χ2v) is 6.83. The minimum Gasteiger partial charge on any atom is -0.326 e. The van der Waals surface area contributed by atoms with Gasteiger partial charge in [-0.15, -0.1) is 0 Å². The molecule has 0 amide bonds. The SMILES string of the molecule is CC(NS(=O)(=O)c1ccc(F)c(CN)c1F)C1CCC1. The highest BCUT2D eigenvalue weighted by molar-refractivity contribution is 7.89. The molecule has 1 aromatic carbocycles. The number of benzene rings is 1. The Labute approximate surface area is 117 Å². The highest BCUT2D eigenvalue weighted by Gasteiger charge is 2.30. The van der Waals surface area contributed by atoms with Crippen LogP contribution in [0, 0.1) is 17.6 Å². The van der Waals surface area contributed by atoms with Crippen molar-refractivity contribution in [3.63, 3.8) is 0 Å². The Balaban J connectivity index is 2.29. The number of halogens is 2. The van der Waals surface area contributed by atoms with E-state index in [-0.39, 0.29) is 18.5 Å². The number of nitrogens with two attached hydrogens (primary N) is 1. The summed E-state index contributed by atoms with van der Waals surface area (Å²) >= 11 is 0. The Hall–Kier alpha value is -1.05. The second kappa shape index (κ2) is 5.75. The van der Waals surface area contributed by atoms with Crippen molar-refractivity contribution in [1.29, 1.82) is 0 Å². The van der Waals surface area contributed by atoms with Crippen LogP contribution in [0.3, 0.4) is 0 Å². The lowest BCUT2D eigenvalue weighted by Crippen LogP contribution is -2.41. The molecule has 1 unspecified atom stereocenters. The zero-order valence-corrected chi connectivity index (χ0v) is 12.0. The third-order valence-corrected chi connectivity index (χ3v) is 5.42. The Bertz CT molecular complexity index is 601. The molecule has 112 valence electrons. The van der Waals surface area contributed by atoms with E-state index in [4.69, 9.17) is 5.73 Å². The first-order chi connectivity index (χ1) is 9.36. The number of nitrogens with one attached hydrogen (secondary N) is 1. The average Bonchev–Trinajstić information content (AvgIpc) is 2.25.